The van der Waals surface area contributed by atoms with Crippen LogP contribution in [0.3, 0.4) is 0 Å². The number of anilines is 2. The molecule has 11 heteroatoms. The molecule has 2 heterocycles. The summed E-state index contributed by atoms with van der Waals surface area (Å²) in [5, 5.41) is 9.38. The van der Waals surface area contributed by atoms with Gasteiger partial charge in [0.05, 0.1) is 36.6 Å². The number of nitrogens with one attached hydrogen (secondary N) is 3. The van der Waals surface area contributed by atoms with Crippen LogP contribution in [0.2, 0.25) is 0 Å². The molecule has 3 aromatic rings. The molecule has 1 amide bonds. The van der Waals surface area contributed by atoms with E-state index >= 15 is 0 Å². The highest BCUT2D eigenvalue weighted by molar-refractivity contribution is 5.95. The Morgan fingerprint density at radius 3 is 2.67 bits per heavy atom. The molecule has 1 unspecified atom stereocenters. The Morgan fingerprint density at radius 1 is 1.18 bits per heavy atom. The van der Waals surface area contributed by atoms with Crippen LogP contribution in [-0.2, 0) is 6.54 Å². The van der Waals surface area contributed by atoms with Crippen molar-refractivity contribution in [2.45, 2.75) is 31.4 Å². The quantitative estimate of drug-likeness (QED) is 0.302. The van der Waals surface area contributed by atoms with Gasteiger partial charge in [-0.25, -0.2) is 4.39 Å². The first-order chi connectivity index (χ1) is 18.6. The summed E-state index contributed by atoms with van der Waals surface area (Å²) in [6.45, 7) is -0.0580. The van der Waals surface area contributed by atoms with Crippen molar-refractivity contribution in [2.75, 3.05) is 51.5 Å². The van der Waals surface area contributed by atoms with E-state index in [0.29, 0.717) is 46.6 Å². The molecule has 7 nitrogen and oxygen atoms in total. The molecule has 0 saturated carbocycles. The Hall–Kier alpha value is -3.91. The number of nitrogens with zero attached hydrogens (tertiary/aromatic N) is 2. The lowest BCUT2D eigenvalue weighted by Crippen LogP contribution is -2.46. The fraction of sp³-hybridized carbons (Fsp3) is 0.393. The van der Waals surface area contributed by atoms with E-state index < -0.39 is 24.9 Å². The Balaban J connectivity index is 1.59. The number of aromatic nitrogens is 1. The van der Waals surface area contributed by atoms with Crippen LogP contribution in [0.1, 0.15) is 22.5 Å². The zero-order chi connectivity index (χ0) is 28.2. The topological polar surface area (TPSA) is 70.6 Å². The molecular formula is C28H31F4N5O2. The van der Waals surface area contributed by atoms with Crippen LogP contribution in [-0.4, -0.2) is 74.6 Å². The van der Waals surface area contributed by atoms with Gasteiger partial charge in [-0.1, -0.05) is 12.0 Å². The van der Waals surface area contributed by atoms with Crippen molar-refractivity contribution in [2.24, 2.45) is 0 Å². The van der Waals surface area contributed by atoms with Gasteiger partial charge in [-0.3, -0.25) is 4.79 Å². The summed E-state index contributed by atoms with van der Waals surface area (Å²) in [4.78, 5) is 13.8. The second-order valence-corrected chi connectivity index (χ2v) is 9.44. The van der Waals surface area contributed by atoms with Crippen molar-refractivity contribution < 1.29 is 27.1 Å². The lowest BCUT2D eigenvalue weighted by molar-refractivity contribution is -0.140. The number of hydrogen-bond acceptors (Lipinski definition) is 5. The van der Waals surface area contributed by atoms with Crippen LogP contribution < -0.4 is 20.7 Å². The van der Waals surface area contributed by atoms with Crippen LogP contribution in [0, 0.1) is 11.8 Å². The lowest BCUT2D eigenvalue weighted by atomic mass is 10.0. The highest BCUT2D eigenvalue weighted by atomic mass is 19.4. The minimum absolute atomic E-state index is 0.119. The van der Waals surface area contributed by atoms with Crippen LogP contribution in [0.15, 0.2) is 42.5 Å². The molecule has 0 radical (unpaired) electrons. The summed E-state index contributed by atoms with van der Waals surface area (Å²) < 4.78 is 61.6. The number of halogens is 4. The summed E-state index contributed by atoms with van der Waals surface area (Å²) in [6, 6.07) is 11.1. The molecule has 4 rings (SSSR count). The number of carbonyl (C=O) groups is 1. The lowest BCUT2D eigenvalue weighted by Gasteiger charge is -2.33. The Morgan fingerprint density at radius 2 is 1.97 bits per heavy atom. The number of piperidine rings is 1. The number of methoxy groups -OCH3 is 1. The third-order valence-electron chi connectivity index (χ3n) is 6.64. The zero-order valence-electron chi connectivity index (χ0n) is 22.0. The molecule has 1 aromatic heterocycles. The average molecular weight is 546 g/mol. The first-order valence-electron chi connectivity index (χ1n) is 12.5. The SMILES string of the molecule is CNC(=O)c1ccc(NCC#Cc2cc3c(NC4CCN(C)C[C@H]4F)cccc3n2CC(F)(F)F)c(OC)c1. The van der Waals surface area contributed by atoms with Gasteiger partial charge >= 0.3 is 6.18 Å². The molecule has 208 valence electrons. The maximum absolute atomic E-state index is 14.7. The maximum atomic E-state index is 14.7. The number of likely N-dealkylation sites (tertiary alicyclic amines) is 1. The Bertz CT molecular complexity index is 1390. The summed E-state index contributed by atoms with van der Waals surface area (Å²) in [5.41, 5.74) is 2.14. The number of fused-ring (bicyclic) bond motifs is 1. The standard InChI is InChI=1S/C28H31F4N5O2/c1-33-27(38)18-9-10-24(26(14-18)39-3)34-12-5-6-19-15-20-22(35-23-11-13-36(2)16-21(23)29)7-4-8-25(20)37(19)17-28(30,31)32/h4,7-10,14-15,21,23,34-35H,11-13,16-17H2,1-3H3,(H,33,38)/t21-,23?/m1/s1. The summed E-state index contributed by atoms with van der Waals surface area (Å²) >= 11 is 0. The molecule has 1 aliphatic heterocycles. The van der Waals surface area contributed by atoms with Gasteiger partial charge in [-0.05, 0) is 55.8 Å². The van der Waals surface area contributed by atoms with Gasteiger partial charge in [-0.2, -0.15) is 13.2 Å². The van der Waals surface area contributed by atoms with Crippen molar-refractivity contribution in [1.82, 2.24) is 14.8 Å². The molecule has 0 bridgehead atoms. The van der Waals surface area contributed by atoms with Crippen LogP contribution >= 0.6 is 0 Å². The van der Waals surface area contributed by atoms with Crippen LogP contribution in [0.25, 0.3) is 10.9 Å². The highest BCUT2D eigenvalue weighted by Gasteiger charge is 2.31. The van der Waals surface area contributed by atoms with E-state index in [1.54, 1.807) is 42.5 Å². The third-order valence-corrected chi connectivity index (χ3v) is 6.64. The number of alkyl halides is 4. The third kappa shape index (κ3) is 6.75. The number of benzene rings is 2. The fourth-order valence-corrected chi connectivity index (χ4v) is 4.68. The van der Waals surface area contributed by atoms with Gasteiger partial charge in [0, 0.05) is 36.8 Å². The molecule has 0 spiro atoms. The number of ether oxygens (including phenoxy) is 1. The van der Waals surface area contributed by atoms with Crippen LogP contribution in [0.4, 0.5) is 28.9 Å². The van der Waals surface area contributed by atoms with E-state index in [9.17, 15) is 22.4 Å². The second kappa shape index (κ2) is 11.9. The summed E-state index contributed by atoms with van der Waals surface area (Å²) in [5.74, 6) is 5.90. The molecule has 3 N–H and O–H groups in total. The van der Waals surface area contributed by atoms with Gasteiger partial charge in [0.2, 0.25) is 0 Å². The number of rotatable bonds is 7. The molecule has 1 saturated heterocycles. The predicted octanol–water partition coefficient (Wildman–Crippen LogP) is 4.49. The fourth-order valence-electron chi connectivity index (χ4n) is 4.68. The van der Waals surface area contributed by atoms with Crippen molar-refractivity contribution in [3.05, 3.63) is 53.7 Å². The molecule has 2 aromatic carbocycles. The van der Waals surface area contributed by atoms with Crippen LogP contribution in [0.5, 0.6) is 5.75 Å². The second-order valence-electron chi connectivity index (χ2n) is 9.44. The minimum Gasteiger partial charge on any atom is -0.495 e. The first kappa shape index (κ1) is 28.1. The summed E-state index contributed by atoms with van der Waals surface area (Å²) in [6.07, 6.45) is -4.96. The van der Waals surface area contributed by atoms with E-state index in [4.69, 9.17) is 4.74 Å². The zero-order valence-corrected chi connectivity index (χ0v) is 22.0. The van der Waals surface area contributed by atoms with Crippen molar-refractivity contribution in [3.8, 4) is 17.6 Å². The van der Waals surface area contributed by atoms with Gasteiger partial charge < -0.3 is 30.2 Å². The predicted molar refractivity (Wildman–Crippen MR) is 144 cm³/mol. The van der Waals surface area contributed by atoms with Crippen molar-refractivity contribution in [1.29, 1.82) is 0 Å². The number of amides is 1. The van der Waals surface area contributed by atoms with E-state index in [1.165, 1.54) is 14.2 Å². The Labute approximate surface area is 224 Å². The molecular weight excluding hydrogens is 514 g/mol. The molecule has 1 fully saturated rings. The minimum atomic E-state index is -4.46. The van der Waals surface area contributed by atoms with Gasteiger partial charge in [0.15, 0.2) is 0 Å². The number of hydrogen-bond donors (Lipinski definition) is 3. The molecule has 1 aliphatic rings. The molecule has 2 atom stereocenters. The molecule has 0 aliphatic carbocycles. The van der Waals surface area contributed by atoms with Gasteiger partial charge in [0.25, 0.3) is 5.91 Å². The summed E-state index contributed by atoms with van der Waals surface area (Å²) in [7, 11) is 4.86. The van der Waals surface area contributed by atoms with Crippen molar-refractivity contribution in [3.63, 3.8) is 0 Å². The van der Waals surface area contributed by atoms with E-state index in [-0.39, 0.29) is 18.1 Å². The number of carbonyl (C=O) groups excluding carboxylic acids is 1. The normalized spacial score (nSPS) is 17.8. The van der Waals surface area contributed by atoms with Gasteiger partial charge in [0.1, 0.15) is 18.5 Å². The first-order valence-corrected chi connectivity index (χ1v) is 12.5. The van der Waals surface area contributed by atoms with Crippen molar-refractivity contribution >= 4 is 28.2 Å². The van der Waals surface area contributed by atoms with E-state index in [2.05, 4.69) is 27.8 Å². The highest BCUT2D eigenvalue weighted by Crippen LogP contribution is 2.32. The smallest absolute Gasteiger partial charge is 0.406 e. The van der Waals surface area contributed by atoms with E-state index in [1.807, 2.05) is 11.9 Å². The average Bonchev–Trinajstić information content (AvgIpc) is 3.24. The van der Waals surface area contributed by atoms with E-state index in [0.717, 1.165) is 11.1 Å². The molecule has 39 heavy (non-hydrogen) atoms. The maximum Gasteiger partial charge on any atom is 0.406 e. The monoisotopic (exact) mass is 545 g/mol. The van der Waals surface area contributed by atoms with Gasteiger partial charge in [-0.15, -0.1) is 0 Å². The Kier molecular flexibility index (Phi) is 8.55. The largest absolute Gasteiger partial charge is 0.495 e.